The van der Waals surface area contributed by atoms with Crippen LogP contribution in [0.4, 0.5) is 11.5 Å². The predicted octanol–water partition coefficient (Wildman–Crippen LogP) is 0.782. The summed E-state index contributed by atoms with van der Waals surface area (Å²) in [5, 5.41) is 14.7. The molecule has 0 bridgehead atoms. The molecule has 2 saturated heterocycles. The second kappa shape index (κ2) is 5.95. The third-order valence-corrected chi connectivity index (χ3v) is 4.42. The molecule has 0 amide bonds. The molecule has 2 aliphatic heterocycles. The molecular formula is C14H21N5O2. The van der Waals surface area contributed by atoms with Crippen LogP contribution in [0.25, 0.3) is 0 Å². The van der Waals surface area contributed by atoms with Crippen molar-refractivity contribution in [2.24, 2.45) is 0 Å². The molecular weight excluding hydrogens is 270 g/mol. The maximum Gasteiger partial charge on any atom is 0.314 e. The number of piperazine rings is 1. The number of aromatic nitrogens is 1. The van der Waals surface area contributed by atoms with Gasteiger partial charge in [0.05, 0.1) is 4.92 Å². The van der Waals surface area contributed by atoms with E-state index in [4.69, 9.17) is 0 Å². The maximum atomic E-state index is 11.3. The lowest BCUT2D eigenvalue weighted by Crippen LogP contribution is -2.49. The smallest absolute Gasteiger partial charge is 0.314 e. The van der Waals surface area contributed by atoms with Gasteiger partial charge < -0.3 is 10.2 Å². The highest BCUT2D eigenvalue weighted by Crippen LogP contribution is 2.32. The van der Waals surface area contributed by atoms with E-state index >= 15 is 0 Å². The van der Waals surface area contributed by atoms with Crippen molar-refractivity contribution >= 4 is 11.5 Å². The highest BCUT2D eigenvalue weighted by Gasteiger charge is 2.32. The number of hydrogen-bond donors (Lipinski definition) is 1. The van der Waals surface area contributed by atoms with Crippen LogP contribution in [0.3, 0.4) is 0 Å². The van der Waals surface area contributed by atoms with Crippen LogP contribution < -0.4 is 10.2 Å². The molecule has 21 heavy (non-hydrogen) atoms. The van der Waals surface area contributed by atoms with E-state index in [1.807, 2.05) is 0 Å². The molecule has 1 atom stereocenters. The van der Waals surface area contributed by atoms with Crippen molar-refractivity contribution in [3.63, 3.8) is 0 Å². The number of rotatable bonds is 3. The van der Waals surface area contributed by atoms with Crippen LogP contribution in [-0.4, -0.2) is 60.1 Å². The Balaban J connectivity index is 1.77. The van der Waals surface area contributed by atoms with Gasteiger partial charge >= 0.3 is 5.69 Å². The molecule has 7 nitrogen and oxygen atoms in total. The Labute approximate surface area is 124 Å². The van der Waals surface area contributed by atoms with E-state index in [1.54, 1.807) is 19.2 Å². The first kappa shape index (κ1) is 14.2. The zero-order valence-electron chi connectivity index (χ0n) is 12.3. The van der Waals surface area contributed by atoms with Gasteiger partial charge in [0.25, 0.3) is 0 Å². The summed E-state index contributed by atoms with van der Waals surface area (Å²) < 4.78 is 0. The third kappa shape index (κ3) is 2.84. The standard InChI is InChI=1S/C14H21N5O2/c1-11-2-4-16-14(13(11)19(20)21)18-7-3-12(10-18)17-8-5-15-6-9-17/h2,4,12,15H,3,5-10H2,1H3. The fourth-order valence-corrected chi connectivity index (χ4v) is 3.27. The van der Waals surface area contributed by atoms with Crippen LogP contribution >= 0.6 is 0 Å². The normalized spacial score (nSPS) is 23.5. The Morgan fingerprint density at radius 1 is 1.38 bits per heavy atom. The minimum atomic E-state index is -0.310. The topological polar surface area (TPSA) is 74.5 Å². The van der Waals surface area contributed by atoms with Crippen molar-refractivity contribution in [2.45, 2.75) is 19.4 Å². The van der Waals surface area contributed by atoms with Crippen molar-refractivity contribution in [2.75, 3.05) is 44.2 Å². The van der Waals surface area contributed by atoms with E-state index in [0.29, 0.717) is 17.4 Å². The molecule has 3 rings (SSSR count). The van der Waals surface area contributed by atoms with E-state index in [2.05, 4.69) is 20.1 Å². The quantitative estimate of drug-likeness (QED) is 0.655. The van der Waals surface area contributed by atoms with Gasteiger partial charge in [-0.2, -0.15) is 0 Å². The molecule has 7 heteroatoms. The van der Waals surface area contributed by atoms with Gasteiger partial charge in [0.2, 0.25) is 5.82 Å². The highest BCUT2D eigenvalue weighted by molar-refractivity contribution is 5.62. The minimum absolute atomic E-state index is 0.151. The highest BCUT2D eigenvalue weighted by atomic mass is 16.6. The van der Waals surface area contributed by atoms with Gasteiger partial charge in [0, 0.05) is 57.1 Å². The fraction of sp³-hybridized carbons (Fsp3) is 0.643. The number of anilines is 1. The number of nitrogens with zero attached hydrogens (tertiary/aromatic N) is 4. The number of aryl methyl sites for hydroxylation is 1. The molecule has 2 aliphatic rings. The van der Waals surface area contributed by atoms with Crippen molar-refractivity contribution in [1.29, 1.82) is 0 Å². The molecule has 3 heterocycles. The van der Waals surface area contributed by atoms with E-state index in [9.17, 15) is 10.1 Å². The minimum Gasteiger partial charge on any atom is -0.349 e. The van der Waals surface area contributed by atoms with Crippen LogP contribution in [-0.2, 0) is 0 Å². The van der Waals surface area contributed by atoms with E-state index in [-0.39, 0.29) is 10.6 Å². The first-order chi connectivity index (χ1) is 10.2. The van der Waals surface area contributed by atoms with Crippen molar-refractivity contribution in [1.82, 2.24) is 15.2 Å². The second-order valence-corrected chi connectivity index (χ2v) is 5.73. The molecule has 0 aromatic carbocycles. The first-order valence-electron chi connectivity index (χ1n) is 7.46. The molecule has 0 aliphatic carbocycles. The molecule has 114 valence electrons. The average molecular weight is 291 g/mol. The lowest BCUT2D eigenvalue weighted by Gasteiger charge is -2.32. The van der Waals surface area contributed by atoms with Crippen molar-refractivity contribution in [3.8, 4) is 0 Å². The number of hydrogen-bond acceptors (Lipinski definition) is 6. The van der Waals surface area contributed by atoms with Crippen LogP contribution in [0.2, 0.25) is 0 Å². The Hall–Kier alpha value is -1.73. The van der Waals surface area contributed by atoms with Crippen molar-refractivity contribution in [3.05, 3.63) is 27.9 Å². The Morgan fingerprint density at radius 3 is 2.86 bits per heavy atom. The third-order valence-electron chi connectivity index (χ3n) is 4.42. The van der Waals surface area contributed by atoms with Crippen LogP contribution in [0, 0.1) is 17.0 Å². The van der Waals surface area contributed by atoms with Gasteiger partial charge in [-0.15, -0.1) is 0 Å². The van der Waals surface area contributed by atoms with Crippen LogP contribution in [0.5, 0.6) is 0 Å². The summed E-state index contributed by atoms with van der Waals surface area (Å²) in [7, 11) is 0. The molecule has 0 radical (unpaired) electrons. The number of nitrogens with one attached hydrogen (secondary N) is 1. The summed E-state index contributed by atoms with van der Waals surface area (Å²) in [6, 6.07) is 2.18. The van der Waals surface area contributed by atoms with Gasteiger partial charge in [-0.05, 0) is 19.4 Å². The van der Waals surface area contributed by atoms with E-state index < -0.39 is 0 Å². The number of pyridine rings is 1. The van der Waals surface area contributed by atoms with Gasteiger partial charge in [-0.3, -0.25) is 15.0 Å². The van der Waals surface area contributed by atoms with Crippen molar-refractivity contribution < 1.29 is 4.92 Å². The Kier molecular flexibility index (Phi) is 4.03. The van der Waals surface area contributed by atoms with Gasteiger partial charge in [-0.25, -0.2) is 4.98 Å². The summed E-state index contributed by atoms with van der Waals surface area (Å²) in [5.74, 6) is 0.526. The van der Waals surface area contributed by atoms with Crippen LogP contribution in [0.1, 0.15) is 12.0 Å². The zero-order valence-corrected chi connectivity index (χ0v) is 12.3. The van der Waals surface area contributed by atoms with Crippen LogP contribution in [0.15, 0.2) is 12.3 Å². The van der Waals surface area contributed by atoms with Gasteiger partial charge in [-0.1, -0.05) is 0 Å². The van der Waals surface area contributed by atoms with Gasteiger partial charge in [0.1, 0.15) is 0 Å². The summed E-state index contributed by atoms with van der Waals surface area (Å²) in [4.78, 5) is 19.8. The molecule has 1 aromatic heterocycles. The second-order valence-electron chi connectivity index (χ2n) is 5.73. The summed E-state index contributed by atoms with van der Waals surface area (Å²) in [6.07, 6.45) is 2.71. The first-order valence-corrected chi connectivity index (χ1v) is 7.46. The Morgan fingerprint density at radius 2 is 2.14 bits per heavy atom. The average Bonchev–Trinajstić information content (AvgIpc) is 2.97. The van der Waals surface area contributed by atoms with E-state index in [0.717, 1.165) is 45.7 Å². The number of nitro groups is 1. The lowest BCUT2D eigenvalue weighted by atomic mass is 10.2. The molecule has 0 spiro atoms. The Bertz CT molecular complexity index is 530. The molecule has 2 fully saturated rings. The van der Waals surface area contributed by atoms with E-state index in [1.165, 1.54) is 0 Å². The molecule has 1 unspecified atom stereocenters. The zero-order chi connectivity index (χ0) is 14.8. The SMILES string of the molecule is Cc1ccnc(N2CCC(N3CCNCC3)C2)c1[N+](=O)[O-]. The maximum absolute atomic E-state index is 11.3. The summed E-state index contributed by atoms with van der Waals surface area (Å²) in [5.41, 5.74) is 0.828. The predicted molar refractivity (Wildman–Crippen MR) is 80.7 cm³/mol. The lowest BCUT2D eigenvalue weighted by molar-refractivity contribution is -0.384. The molecule has 0 saturated carbocycles. The fourth-order valence-electron chi connectivity index (χ4n) is 3.27. The molecule has 1 aromatic rings. The monoisotopic (exact) mass is 291 g/mol. The van der Waals surface area contributed by atoms with Gasteiger partial charge in [0.15, 0.2) is 0 Å². The molecule has 1 N–H and O–H groups in total. The summed E-state index contributed by atoms with van der Waals surface area (Å²) in [6.45, 7) is 7.61. The summed E-state index contributed by atoms with van der Waals surface area (Å²) >= 11 is 0. The largest absolute Gasteiger partial charge is 0.349 e.